The zero-order chi connectivity index (χ0) is 67.6. The van der Waals surface area contributed by atoms with Crippen molar-refractivity contribution in [3.8, 4) is 0 Å². The first-order valence-electron chi connectivity index (χ1n) is 34.6. The van der Waals surface area contributed by atoms with Gasteiger partial charge in [0.25, 0.3) is 0 Å². The van der Waals surface area contributed by atoms with Crippen LogP contribution in [0.1, 0.15) is 32.9 Å². The van der Waals surface area contributed by atoms with Crippen LogP contribution < -0.4 is 9.80 Å². The zero-order valence-electron chi connectivity index (χ0n) is 60.7. The number of hydrogen-bond donors (Lipinski definition) is 0. The predicted molar refractivity (Wildman–Crippen MR) is 300 cm³/mol. The number of rotatable bonds is 6. The number of benzene rings is 11. The van der Waals surface area contributed by atoms with Crippen LogP contribution in [0.2, 0.25) is 0 Å². The zero-order valence-corrected chi connectivity index (χ0v) is 36.7. The molecule has 0 bridgehead atoms. The summed E-state index contributed by atoms with van der Waals surface area (Å²) in [6, 6.07) is 5.56. The quantitative estimate of drug-likeness (QED) is 0.167. The van der Waals surface area contributed by atoms with Gasteiger partial charge in [0.15, 0.2) is 11.2 Å². The van der Waals surface area contributed by atoms with E-state index in [2.05, 4.69) is 0 Å². The molecule has 0 saturated heterocycles. The highest BCUT2D eigenvalue weighted by Crippen LogP contribution is 2.52. The molecule has 0 N–H and O–H groups in total. The van der Waals surface area contributed by atoms with E-state index in [1.807, 2.05) is 0 Å². The number of para-hydroxylation sites is 8. The van der Waals surface area contributed by atoms with E-state index < -0.39 is 168 Å². The van der Waals surface area contributed by atoms with E-state index in [9.17, 15) is 24.7 Å². The summed E-state index contributed by atoms with van der Waals surface area (Å²) in [5.74, 6) is 0. The maximum absolute atomic E-state index is 10.6. The number of aromatic nitrogens is 2. The van der Waals surface area contributed by atoms with E-state index in [1.165, 1.54) is 20.9 Å². The van der Waals surface area contributed by atoms with Gasteiger partial charge in [-0.15, -0.1) is 0 Å². The SMILES string of the molecule is [2H]c1c([2H])c([2H])c(N(c2cccc3c2oc2ccccc23)c2c([2H])c([2H])c([2H])c3c2c2c([2H])c([2H])c([2H])c4c5c([2H])c6c(c([2H])c5n3c24)c2c([2H])c([2H])c([2H])c3c4c(N(c5c([2H])c([2H])c([2H])c([2H])c5[2H])c5cccc7c5oc5ccccc57)c([2H])c([2H])c([2H])c4n6c32)c([2H])c1[2H]. The molecule has 334 valence electrons. The maximum Gasteiger partial charge on any atom is 0.159 e. The van der Waals surface area contributed by atoms with Crippen LogP contribution in [0, 0.1) is 0 Å². The molecule has 0 aliphatic rings. The highest BCUT2D eigenvalue weighted by Gasteiger charge is 2.28. The van der Waals surface area contributed by atoms with Crippen molar-refractivity contribution >= 4 is 154 Å². The van der Waals surface area contributed by atoms with Crippen LogP contribution in [0.15, 0.2) is 239 Å². The summed E-state index contributed by atoms with van der Waals surface area (Å²) in [7, 11) is 0. The van der Waals surface area contributed by atoms with Crippen molar-refractivity contribution in [2.45, 2.75) is 0 Å². The molecule has 6 aromatic heterocycles. The fourth-order valence-electron chi connectivity index (χ4n) is 11.0. The molecule has 17 rings (SSSR count). The number of nitrogens with zero attached hydrogens (tertiary/aromatic N) is 4. The second-order valence-electron chi connectivity index (χ2n) is 17.3. The normalized spacial score (nSPS) is 17.1. The van der Waals surface area contributed by atoms with Gasteiger partial charge in [0, 0.05) is 76.0 Å². The van der Waals surface area contributed by atoms with Gasteiger partial charge in [0.2, 0.25) is 0 Å². The Balaban J connectivity index is 1.07. The maximum atomic E-state index is 10.6. The molecule has 6 heterocycles. The van der Waals surface area contributed by atoms with E-state index in [-0.39, 0.29) is 98.7 Å². The summed E-state index contributed by atoms with van der Waals surface area (Å²) in [4.78, 5) is 2.25. The third kappa shape index (κ3) is 4.87. The fourth-order valence-corrected chi connectivity index (χ4v) is 11.0. The molecule has 0 aliphatic carbocycles. The van der Waals surface area contributed by atoms with Gasteiger partial charge >= 0.3 is 0 Å². The van der Waals surface area contributed by atoms with Crippen molar-refractivity contribution < 1.29 is 41.7 Å². The molecule has 72 heavy (non-hydrogen) atoms. The first-order chi connectivity index (χ1) is 45.8. The van der Waals surface area contributed by atoms with Gasteiger partial charge in [-0.05, 0) is 84.7 Å². The predicted octanol–water partition coefficient (Wildman–Crippen LogP) is 18.7. The van der Waals surface area contributed by atoms with Crippen LogP contribution in [0.25, 0.3) is 120 Å². The Labute approximate surface area is 443 Å². The van der Waals surface area contributed by atoms with Gasteiger partial charge in [0.1, 0.15) is 11.2 Å². The average Bonchev–Trinajstić information content (AvgIpc) is 1.48. The van der Waals surface area contributed by atoms with Gasteiger partial charge in [-0.1, -0.05) is 145 Å². The lowest BCUT2D eigenvalue weighted by Gasteiger charge is -2.26. The lowest BCUT2D eigenvalue weighted by molar-refractivity contribution is 0.669. The summed E-state index contributed by atoms with van der Waals surface area (Å²) in [6.07, 6.45) is 0. The van der Waals surface area contributed by atoms with Gasteiger partial charge in [0.05, 0.1) is 88.7 Å². The third-order valence-corrected chi connectivity index (χ3v) is 13.8. The molecule has 0 radical (unpaired) electrons. The van der Waals surface area contributed by atoms with Crippen molar-refractivity contribution in [3.63, 3.8) is 0 Å². The molecule has 0 amide bonds. The Morgan fingerprint density at radius 1 is 0.319 bits per heavy atom. The minimum atomic E-state index is -0.821. The number of anilines is 6. The highest BCUT2D eigenvalue weighted by atomic mass is 16.3. The Morgan fingerprint density at radius 3 is 1.21 bits per heavy atom. The smallest absolute Gasteiger partial charge is 0.159 e. The van der Waals surface area contributed by atoms with Gasteiger partial charge < -0.3 is 27.4 Å². The molecule has 0 spiro atoms. The van der Waals surface area contributed by atoms with E-state index in [1.54, 1.807) is 72.8 Å². The van der Waals surface area contributed by atoms with Crippen molar-refractivity contribution in [1.29, 1.82) is 0 Å². The van der Waals surface area contributed by atoms with Crippen LogP contribution in [-0.4, -0.2) is 8.80 Å². The Morgan fingerprint density at radius 2 is 0.736 bits per heavy atom. The molecule has 0 unspecified atom stereocenters. The minimum absolute atomic E-state index is 0.0339. The van der Waals surface area contributed by atoms with E-state index in [0.29, 0.717) is 32.7 Å². The highest BCUT2D eigenvalue weighted by molar-refractivity contribution is 6.31. The molecule has 0 fully saturated rings. The fraction of sp³-hybridized carbons (Fsp3) is 0. The summed E-state index contributed by atoms with van der Waals surface area (Å²) < 4.78 is 245. The Bertz CT molecular complexity index is 6100. The van der Waals surface area contributed by atoms with Crippen LogP contribution >= 0.6 is 0 Å². The van der Waals surface area contributed by atoms with Crippen LogP contribution in [-0.2, 0) is 0 Å². The van der Waals surface area contributed by atoms with Crippen molar-refractivity contribution in [2.75, 3.05) is 9.80 Å². The van der Waals surface area contributed by atoms with Crippen molar-refractivity contribution in [3.05, 3.63) is 230 Å². The summed E-state index contributed by atoms with van der Waals surface area (Å²) in [5, 5.41) is -0.176. The van der Waals surface area contributed by atoms with E-state index in [4.69, 9.17) is 17.1 Å². The molecular weight excluding hydrogens is 881 g/mol. The molecule has 0 saturated carbocycles. The molecule has 0 atom stereocenters. The van der Waals surface area contributed by atoms with Crippen LogP contribution in [0.4, 0.5) is 34.1 Å². The molecule has 6 nitrogen and oxygen atoms in total. The largest absolute Gasteiger partial charge is 0.454 e. The van der Waals surface area contributed by atoms with Crippen LogP contribution in [0.5, 0.6) is 0 Å². The Kier molecular flexibility index (Phi) is 4.32. The first kappa shape index (κ1) is 22.3. The Hall–Kier alpha value is -9.78. The molecule has 0 aliphatic heterocycles. The van der Waals surface area contributed by atoms with Gasteiger partial charge in [-0.3, -0.25) is 0 Å². The van der Waals surface area contributed by atoms with Gasteiger partial charge in [-0.2, -0.15) is 0 Å². The lowest BCUT2D eigenvalue weighted by atomic mass is 10.0. The van der Waals surface area contributed by atoms with E-state index >= 15 is 0 Å². The summed E-state index contributed by atoms with van der Waals surface area (Å²) in [5.41, 5.74) is -2.93. The lowest BCUT2D eigenvalue weighted by Crippen LogP contribution is -2.10. The standard InChI is InChI=1S/C66H38N4O2/c1-3-17-39(18-4-1)67(55-33-13-25-45-41-21-7-9-35-59(41)71-65(45)55)51-29-15-31-53-61(51)47-27-11-23-43-49-38-58-50(37-57(49)69(53)63(43)47)44-24-12-28-48-62-52(30-16-32-54(62)70(58)64(44)48)68(40-19-5-2-6-20-40)56-34-14-26-46-42-22-8-10-36-60(42)72-66(46)56/h1-38H/i1D,2D,3D,4D,5D,6D,11D,12D,15D,16D,17D,18D,19D,20D,23D,24D,27D,28D,29D,30D,31D,32D,37D,38D. The second kappa shape index (κ2) is 13.9. The van der Waals surface area contributed by atoms with E-state index in [0.717, 1.165) is 9.80 Å². The van der Waals surface area contributed by atoms with Crippen LogP contribution in [0.3, 0.4) is 0 Å². The van der Waals surface area contributed by atoms with Gasteiger partial charge in [-0.25, -0.2) is 0 Å². The molecule has 6 heteroatoms. The number of furan rings is 2. The van der Waals surface area contributed by atoms with Crippen molar-refractivity contribution in [2.24, 2.45) is 0 Å². The average molecular weight is 943 g/mol. The second-order valence-corrected chi connectivity index (χ2v) is 17.3. The molecule has 17 aromatic rings. The monoisotopic (exact) mass is 942 g/mol. The number of fused-ring (bicyclic) bond motifs is 18. The first-order valence-corrected chi connectivity index (χ1v) is 22.6. The summed E-state index contributed by atoms with van der Waals surface area (Å²) in [6.45, 7) is 0. The summed E-state index contributed by atoms with van der Waals surface area (Å²) >= 11 is 0. The molecular formula is C66H38N4O2. The molecule has 11 aromatic carbocycles. The minimum Gasteiger partial charge on any atom is -0.454 e. The van der Waals surface area contributed by atoms with Crippen molar-refractivity contribution in [1.82, 2.24) is 8.80 Å². The topological polar surface area (TPSA) is 41.6 Å². The third-order valence-electron chi connectivity index (χ3n) is 13.8. The number of hydrogen-bond acceptors (Lipinski definition) is 4.